The zero-order valence-electron chi connectivity index (χ0n) is 21.0. The van der Waals surface area contributed by atoms with Gasteiger partial charge >= 0.3 is 0 Å². The highest BCUT2D eigenvalue weighted by Crippen LogP contribution is 2.20. The van der Waals surface area contributed by atoms with E-state index in [1.165, 1.54) is 13.6 Å². The molecule has 1 unspecified atom stereocenters. The van der Waals surface area contributed by atoms with Crippen LogP contribution in [0.2, 0.25) is 0 Å². The highest BCUT2D eigenvalue weighted by atomic mass is 16.2. The SMILES string of the molecule is CC(NC(=O)c1c(N)nn2cccnc12)c1nn2ccc(C#Cc3ccn(C)n3)c2c(=O)n1-c1ccccc1. The van der Waals surface area contributed by atoms with Crippen molar-refractivity contribution in [3.63, 3.8) is 0 Å². The lowest BCUT2D eigenvalue weighted by Crippen LogP contribution is -2.34. The molecule has 192 valence electrons. The van der Waals surface area contributed by atoms with Crippen LogP contribution in [0.5, 0.6) is 0 Å². The number of benzene rings is 1. The number of nitrogens with one attached hydrogen (secondary N) is 1. The molecule has 0 aliphatic heterocycles. The maximum absolute atomic E-state index is 14.0. The molecule has 5 aromatic heterocycles. The average molecular weight is 519 g/mol. The van der Waals surface area contributed by atoms with E-state index < -0.39 is 11.9 Å². The summed E-state index contributed by atoms with van der Waals surface area (Å²) in [5.41, 5.74) is 8.17. The summed E-state index contributed by atoms with van der Waals surface area (Å²) in [5, 5.41) is 16.0. The van der Waals surface area contributed by atoms with Gasteiger partial charge in [-0.3, -0.25) is 18.8 Å². The van der Waals surface area contributed by atoms with Gasteiger partial charge in [0.2, 0.25) is 0 Å². The standard InChI is InChI=1S/C27H22N10O2/c1-17(30-26(38)21-23(28)32-36-14-6-13-29-25(21)36)24-33-35-16-11-18(9-10-19-12-15-34(2)31-19)22(35)27(39)37(24)20-7-4-3-5-8-20/h3-8,11-17H,1-2H3,(H2,28,32)(H,30,38). The highest BCUT2D eigenvalue weighted by molar-refractivity contribution is 6.04. The molecule has 0 fully saturated rings. The number of amides is 1. The van der Waals surface area contributed by atoms with Crippen LogP contribution in [0.3, 0.4) is 0 Å². The number of aromatic nitrogens is 8. The van der Waals surface area contributed by atoms with Crippen molar-refractivity contribution in [2.75, 3.05) is 5.73 Å². The molecular weight excluding hydrogens is 496 g/mol. The number of hydrogen-bond acceptors (Lipinski definition) is 7. The summed E-state index contributed by atoms with van der Waals surface area (Å²) in [6.07, 6.45) is 6.67. The number of hydrogen-bond donors (Lipinski definition) is 2. The van der Waals surface area contributed by atoms with Crippen LogP contribution < -0.4 is 16.6 Å². The number of nitrogens with two attached hydrogens (primary N) is 1. The molecule has 1 atom stereocenters. The molecule has 3 N–H and O–H groups in total. The summed E-state index contributed by atoms with van der Waals surface area (Å²) in [6, 6.07) is 13.6. The number of rotatable bonds is 4. The van der Waals surface area contributed by atoms with Crippen LogP contribution in [0, 0.1) is 11.8 Å². The van der Waals surface area contributed by atoms with Crippen LogP contribution in [-0.4, -0.2) is 44.5 Å². The maximum Gasteiger partial charge on any atom is 0.283 e. The summed E-state index contributed by atoms with van der Waals surface area (Å²) in [6.45, 7) is 1.74. The van der Waals surface area contributed by atoms with Crippen molar-refractivity contribution in [2.45, 2.75) is 13.0 Å². The Balaban J connectivity index is 1.45. The molecule has 1 aromatic carbocycles. The molecule has 12 nitrogen and oxygen atoms in total. The topological polar surface area (TPSA) is 142 Å². The van der Waals surface area contributed by atoms with Gasteiger partial charge in [-0.1, -0.05) is 24.1 Å². The van der Waals surface area contributed by atoms with E-state index in [0.717, 1.165) is 0 Å². The van der Waals surface area contributed by atoms with Gasteiger partial charge in [-0.25, -0.2) is 14.0 Å². The Hall–Kier alpha value is -5.70. The summed E-state index contributed by atoms with van der Waals surface area (Å²) in [4.78, 5) is 31.5. The van der Waals surface area contributed by atoms with Gasteiger partial charge < -0.3 is 11.1 Å². The normalized spacial score (nSPS) is 11.8. The van der Waals surface area contributed by atoms with Crippen molar-refractivity contribution in [3.8, 4) is 17.5 Å². The van der Waals surface area contributed by atoms with Crippen molar-refractivity contribution in [1.82, 2.24) is 43.9 Å². The van der Waals surface area contributed by atoms with Gasteiger partial charge in [0.05, 0.1) is 17.3 Å². The molecule has 0 aliphatic carbocycles. The lowest BCUT2D eigenvalue weighted by atomic mass is 10.2. The first-order valence-electron chi connectivity index (χ1n) is 12.0. The average Bonchev–Trinajstić information content (AvgIpc) is 3.63. The van der Waals surface area contributed by atoms with E-state index in [0.29, 0.717) is 33.9 Å². The number of anilines is 1. The number of aryl methyl sites for hydroxylation is 1. The summed E-state index contributed by atoms with van der Waals surface area (Å²) < 4.78 is 6.05. The van der Waals surface area contributed by atoms with Crippen molar-refractivity contribution in [2.24, 2.45) is 7.05 Å². The minimum absolute atomic E-state index is 0.0452. The number of carbonyl (C=O) groups excluding carboxylic acids is 1. The van der Waals surface area contributed by atoms with E-state index in [4.69, 9.17) is 10.8 Å². The smallest absolute Gasteiger partial charge is 0.283 e. The molecule has 6 rings (SSSR count). The van der Waals surface area contributed by atoms with E-state index in [9.17, 15) is 9.59 Å². The third kappa shape index (κ3) is 4.17. The third-order valence-electron chi connectivity index (χ3n) is 6.15. The molecule has 1 amide bonds. The van der Waals surface area contributed by atoms with Crippen LogP contribution in [0.15, 0.2) is 78.1 Å². The fourth-order valence-corrected chi connectivity index (χ4v) is 4.36. The molecule has 0 spiro atoms. The summed E-state index contributed by atoms with van der Waals surface area (Å²) >= 11 is 0. The van der Waals surface area contributed by atoms with Gasteiger partial charge in [-0.05, 0) is 43.2 Å². The second kappa shape index (κ2) is 9.31. The third-order valence-corrected chi connectivity index (χ3v) is 6.15. The Morgan fingerprint density at radius 2 is 1.79 bits per heavy atom. The lowest BCUT2D eigenvalue weighted by molar-refractivity contribution is 0.0940. The maximum atomic E-state index is 14.0. The van der Waals surface area contributed by atoms with Crippen molar-refractivity contribution in [1.29, 1.82) is 0 Å². The molecular formula is C27H22N10O2. The van der Waals surface area contributed by atoms with Crippen LogP contribution in [-0.2, 0) is 7.05 Å². The number of nitrogens with zero attached hydrogens (tertiary/aromatic N) is 8. The first-order valence-corrected chi connectivity index (χ1v) is 12.0. The fourth-order valence-electron chi connectivity index (χ4n) is 4.36. The lowest BCUT2D eigenvalue weighted by Gasteiger charge is -2.19. The second-order valence-corrected chi connectivity index (χ2v) is 8.82. The summed E-state index contributed by atoms with van der Waals surface area (Å²) in [5.74, 6) is 5.90. The van der Waals surface area contributed by atoms with Crippen molar-refractivity contribution in [3.05, 3.63) is 106 Å². The Labute approximate surface area is 221 Å². The summed E-state index contributed by atoms with van der Waals surface area (Å²) in [7, 11) is 1.81. The number of carbonyl (C=O) groups is 1. The van der Waals surface area contributed by atoms with E-state index in [1.54, 1.807) is 66.7 Å². The van der Waals surface area contributed by atoms with E-state index in [2.05, 4.69) is 32.3 Å². The van der Waals surface area contributed by atoms with Crippen LogP contribution in [0.4, 0.5) is 5.82 Å². The Bertz CT molecular complexity index is 1990. The van der Waals surface area contributed by atoms with Gasteiger partial charge in [0, 0.05) is 31.8 Å². The van der Waals surface area contributed by atoms with Gasteiger partial charge in [0.15, 0.2) is 17.3 Å². The molecule has 0 aliphatic rings. The predicted octanol–water partition coefficient (Wildman–Crippen LogP) is 1.73. The van der Waals surface area contributed by atoms with E-state index >= 15 is 0 Å². The monoisotopic (exact) mass is 518 g/mol. The van der Waals surface area contributed by atoms with Crippen molar-refractivity contribution >= 4 is 22.9 Å². The molecule has 0 saturated heterocycles. The van der Waals surface area contributed by atoms with Crippen LogP contribution in [0.1, 0.15) is 40.4 Å². The fraction of sp³-hybridized carbons (Fsp3) is 0.111. The number of nitrogen functional groups attached to an aromatic ring is 1. The molecule has 39 heavy (non-hydrogen) atoms. The van der Waals surface area contributed by atoms with E-state index in [-0.39, 0.29) is 16.9 Å². The molecule has 0 bridgehead atoms. The van der Waals surface area contributed by atoms with Gasteiger partial charge in [0.1, 0.15) is 16.8 Å². The highest BCUT2D eigenvalue weighted by Gasteiger charge is 2.25. The number of para-hydroxylation sites is 1. The van der Waals surface area contributed by atoms with E-state index in [1.807, 2.05) is 25.2 Å². The minimum atomic E-state index is -0.696. The Morgan fingerprint density at radius 3 is 2.56 bits per heavy atom. The predicted molar refractivity (Wildman–Crippen MR) is 143 cm³/mol. The minimum Gasteiger partial charge on any atom is -0.381 e. The van der Waals surface area contributed by atoms with Crippen LogP contribution >= 0.6 is 0 Å². The van der Waals surface area contributed by atoms with Gasteiger partial charge in [-0.2, -0.15) is 10.2 Å². The molecule has 0 radical (unpaired) electrons. The zero-order chi connectivity index (χ0) is 27.1. The molecule has 12 heteroatoms. The largest absolute Gasteiger partial charge is 0.381 e. The Morgan fingerprint density at radius 1 is 0.974 bits per heavy atom. The Kier molecular flexibility index (Phi) is 5.65. The zero-order valence-corrected chi connectivity index (χ0v) is 21.0. The first kappa shape index (κ1) is 23.7. The van der Waals surface area contributed by atoms with Gasteiger partial charge in [0.25, 0.3) is 11.5 Å². The van der Waals surface area contributed by atoms with Gasteiger partial charge in [-0.15, -0.1) is 5.10 Å². The number of fused-ring (bicyclic) bond motifs is 2. The molecule has 5 heterocycles. The molecule has 0 saturated carbocycles. The second-order valence-electron chi connectivity index (χ2n) is 8.82. The molecule has 6 aromatic rings. The first-order chi connectivity index (χ1) is 18.9. The van der Waals surface area contributed by atoms with Crippen LogP contribution in [0.25, 0.3) is 16.9 Å². The van der Waals surface area contributed by atoms with Crippen molar-refractivity contribution < 1.29 is 4.79 Å². The quantitative estimate of drug-likeness (QED) is 0.339.